The van der Waals surface area contributed by atoms with Crippen LogP contribution in [-0.4, -0.2) is 17.9 Å². The van der Waals surface area contributed by atoms with E-state index < -0.39 is 5.60 Å². The molecule has 0 unspecified atom stereocenters. The van der Waals surface area contributed by atoms with Gasteiger partial charge in [-0.2, -0.15) is 0 Å². The van der Waals surface area contributed by atoms with Crippen LogP contribution in [0.25, 0.3) is 0 Å². The Morgan fingerprint density at radius 1 is 1.31 bits per heavy atom. The van der Waals surface area contributed by atoms with Crippen LogP contribution in [0, 0.1) is 0 Å². The van der Waals surface area contributed by atoms with Crippen molar-refractivity contribution < 1.29 is 9.53 Å². The summed E-state index contributed by atoms with van der Waals surface area (Å²) in [7, 11) is 0. The second-order valence-corrected chi connectivity index (χ2v) is 4.35. The number of nitrogens with two attached hydrogens (primary N) is 1. The number of carbonyl (C=O) groups is 1. The second kappa shape index (κ2) is 5.12. The van der Waals surface area contributed by atoms with Crippen LogP contribution in [-0.2, 0) is 11.2 Å². The molecule has 0 fully saturated rings. The highest BCUT2D eigenvalue weighted by molar-refractivity contribution is 5.84. The van der Waals surface area contributed by atoms with Crippen LogP contribution in [0.3, 0.4) is 0 Å². The first-order valence-corrected chi connectivity index (χ1v) is 5.45. The van der Waals surface area contributed by atoms with E-state index in [4.69, 9.17) is 10.5 Å². The summed E-state index contributed by atoms with van der Waals surface area (Å²) in [5.41, 5.74) is 5.87. The molecule has 0 radical (unpaired) electrons. The van der Waals surface area contributed by atoms with Gasteiger partial charge in [0.25, 0.3) is 0 Å². The molecule has 16 heavy (non-hydrogen) atoms. The molecule has 88 valence electrons. The fourth-order valence-corrected chi connectivity index (χ4v) is 1.26. The van der Waals surface area contributed by atoms with Gasteiger partial charge in [0.15, 0.2) is 11.4 Å². The lowest BCUT2D eigenvalue weighted by molar-refractivity contribution is -0.129. The molecule has 2 N–H and O–H groups in total. The number of ether oxygens (including phenoxy) is 1. The zero-order chi connectivity index (χ0) is 12.2. The van der Waals surface area contributed by atoms with Crippen molar-refractivity contribution in [1.82, 2.24) is 0 Å². The fourth-order valence-electron chi connectivity index (χ4n) is 1.26. The van der Waals surface area contributed by atoms with Crippen LogP contribution >= 0.6 is 0 Å². The first-order chi connectivity index (χ1) is 7.45. The number of hydrogen-bond acceptors (Lipinski definition) is 3. The van der Waals surface area contributed by atoms with E-state index in [0.29, 0.717) is 12.3 Å². The molecule has 0 saturated heterocycles. The number of Topliss-reactive ketones (excluding diaryl/α,β-unsaturated/α-hetero) is 1. The van der Waals surface area contributed by atoms with Crippen molar-refractivity contribution in [3.05, 3.63) is 29.8 Å². The summed E-state index contributed by atoms with van der Waals surface area (Å²) < 4.78 is 5.62. The lowest BCUT2D eigenvalue weighted by atomic mass is 10.1. The average molecular weight is 221 g/mol. The zero-order valence-electron chi connectivity index (χ0n) is 10.1. The van der Waals surface area contributed by atoms with Crippen LogP contribution in [0.5, 0.6) is 5.75 Å². The summed E-state index contributed by atoms with van der Waals surface area (Å²) in [5, 5.41) is 0. The normalized spacial score (nSPS) is 11.2. The monoisotopic (exact) mass is 221 g/mol. The quantitative estimate of drug-likeness (QED) is 0.826. The van der Waals surface area contributed by atoms with Crippen LogP contribution in [0.4, 0.5) is 0 Å². The van der Waals surface area contributed by atoms with Crippen molar-refractivity contribution in [2.24, 2.45) is 5.73 Å². The molecule has 0 amide bonds. The Bertz CT molecular complexity index is 355. The highest BCUT2D eigenvalue weighted by atomic mass is 16.5. The van der Waals surface area contributed by atoms with E-state index in [0.717, 1.165) is 6.42 Å². The minimum absolute atomic E-state index is 0.0125. The molecule has 0 aliphatic carbocycles. The molecule has 0 aliphatic heterocycles. The maximum Gasteiger partial charge on any atom is 0.172 e. The van der Waals surface area contributed by atoms with Crippen molar-refractivity contribution in [1.29, 1.82) is 0 Å². The predicted octanol–water partition coefficient (Wildman–Crippen LogP) is 1.93. The SMILES string of the molecule is CC(=O)C(C)(C)Oc1ccc(CCN)cc1. The Balaban J connectivity index is 2.72. The van der Waals surface area contributed by atoms with Gasteiger partial charge in [-0.15, -0.1) is 0 Å². The van der Waals surface area contributed by atoms with E-state index in [9.17, 15) is 4.79 Å². The predicted molar refractivity (Wildman–Crippen MR) is 64.6 cm³/mol. The van der Waals surface area contributed by atoms with E-state index >= 15 is 0 Å². The summed E-state index contributed by atoms with van der Waals surface area (Å²) in [4.78, 5) is 11.3. The van der Waals surface area contributed by atoms with Crippen LogP contribution in [0.1, 0.15) is 26.3 Å². The maximum atomic E-state index is 11.3. The molecule has 1 aromatic carbocycles. The molecule has 0 atom stereocenters. The van der Waals surface area contributed by atoms with E-state index in [1.165, 1.54) is 12.5 Å². The Labute approximate surface area is 96.6 Å². The van der Waals surface area contributed by atoms with Gasteiger partial charge in [-0.25, -0.2) is 0 Å². The van der Waals surface area contributed by atoms with E-state index in [-0.39, 0.29) is 5.78 Å². The largest absolute Gasteiger partial charge is 0.480 e. The van der Waals surface area contributed by atoms with Gasteiger partial charge in [-0.3, -0.25) is 4.79 Å². The first kappa shape index (κ1) is 12.7. The summed E-state index contributed by atoms with van der Waals surface area (Å²) in [6, 6.07) is 7.68. The molecule has 0 aliphatic rings. The van der Waals surface area contributed by atoms with E-state index in [1.54, 1.807) is 13.8 Å². The summed E-state index contributed by atoms with van der Waals surface area (Å²) in [6.45, 7) is 5.70. The highest BCUT2D eigenvalue weighted by Crippen LogP contribution is 2.19. The van der Waals surface area contributed by atoms with Crippen LogP contribution in [0.2, 0.25) is 0 Å². The van der Waals surface area contributed by atoms with E-state index in [2.05, 4.69) is 0 Å². The Morgan fingerprint density at radius 3 is 2.31 bits per heavy atom. The van der Waals surface area contributed by atoms with Gasteiger partial charge in [0.2, 0.25) is 0 Å². The molecular weight excluding hydrogens is 202 g/mol. The molecule has 0 saturated carbocycles. The molecule has 1 rings (SSSR count). The first-order valence-electron chi connectivity index (χ1n) is 5.45. The second-order valence-electron chi connectivity index (χ2n) is 4.35. The van der Waals surface area contributed by atoms with Gasteiger partial charge in [-0.05, 0) is 51.4 Å². The number of benzene rings is 1. The summed E-state index contributed by atoms with van der Waals surface area (Å²) >= 11 is 0. The van der Waals surface area contributed by atoms with Crippen molar-refractivity contribution in [3.8, 4) is 5.75 Å². The summed E-state index contributed by atoms with van der Waals surface area (Å²) in [5.74, 6) is 0.722. The van der Waals surface area contributed by atoms with Gasteiger partial charge in [0.05, 0.1) is 0 Å². The lowest BCUT2D eigenvalue weighted by Gasteiger charge is -2.23. The number of ketones is 1. The highest BCUT2D eigenvalue weighted by Gasteiger charge is 2.25. The van der Waals surface area contributed by atoms with Gasteiger partial charge in [-0.1, -0.05) is 12.1 Å². The fraction of sp³-hybridized carbons (Fsp3) is 0.462. The van der Waals surface area contributed by atoms with Crippen molar-refractivity contribution in [2.45, 2.75) is 32.8 Å². The van der Waals surface area contributed by atoms with Crippen LogP contribution < -0.4 is 10.5 Å². The van der Waals surface area contributed by atoms with Gasteiger partial charge in [0, 0.05) is 0 Å². The Hall–Kier alpha value is -1.35. The maximum absolute atomic E-state index is 11.3. The minimum Gasteiger partial charge on any atom is -0.480 e. The van der Waals surface area contributed by atoms with Gasteiger partial charge < -0.3 is 10.5 Å². The molecule has 0 aromatic heterocycles. The Morgan fingerprint density at radius 2 is 1.88 bits per heavy atom. The number of rotatable bonds is 5. The minimum atomic E-state index is -0.768. The third-order valence-electron chi connectivity index (χ3n) is 2.58. The van der Waals surface area contributed by atoms with Gasteiger partial charge in [0.1, 0.15) is 5.75 Å². The van der Waals surface area contributed by atoms with Crippen molar-refractivity contribution >= 4 is 5.78 Å². The number of carbonyl (C=O) groups excluding carboxylic acids is 1. The molecule has 1 aromatic rings. The Kier molecular flexibility index (Phi) is 4.07. The molecule has 0 spiro atoms. The number of hydrogen-bond donors (Lipinski definition) is 1. The van der Waals surface area contributed by atoms with Crippen LogP contribution in [0.15, 0.2) is 24.3 Å². The topological polar surface area (TPSA) is 52.3 Å². The molecule has 0 bridgehead atoms. The van der Waals surface area contributed by atoms with Crippen molar-refractivity contribution in [2.75, 3.05) is 6.54 Å². The third-order valence-corrected chi connectivity index (χ3v) is 2.58. The standard InChI is InChI=1S/C13H19NO2/c1-10(15)13(2,3)16-12-6-4-11(5-7-12)8-9-14/h4-7H,8-9,14H2,1-3H3. The molecular formula is C13H19NO2. The molecule has 3 nitrogen and oxygen atoms in total. The summed E-state index contributed by atoms with van der Waals surface area (Å²) in [6.07, 6.45) is 0.858. The lowest BCUT2D eigenvalue weighted by Crippen LogP contribution is -2.36. The average Bonchev–Trinajstić information content (AvgIpc) is 2.21. The van der Waals surface area contributed by atoms with Gasteiger partial charge >= 0.3 is 0 Å². The van der Waals surface area contributed by atoms with Crippen molar-refractivity contribution in [3.63, 3.8) is 0 Å². The smallest absolute Gasteiger partial charge is 0.172 e. The molecule has 0 heterocycles. The third kappa shape index (κ3) is 3.35. The van der Waals surface area contributed by atoms with E-state index in [1.807, 2.05) is 24.3 Å². The molecule has 3 heteroatoms. The zero-order valence-corrected chi connectivity index (χ0v) is 10.1.